The van der Waals surface area contributed by atoms with Crippen molar-refractivity contribution in [3.63, 3.8) is 0 Å². The number of benzene rings is 1. The van der Waals surface area contributed by atoms with E-state index in [0.717, 1.165) is 26.8 Å². The largest absolute Gasteiger partial charge is 0.451 e. The topological polar surface area (TPSA) is 38.1 Å². The van der Waals surface area contributed by atoms with Crippen molar-refractivity contribution in [2.24, 2.45) is 0 Å². The van der Waals surface area contributed by atoms with Crippen molar-refractivity contribution in [1.29, 1.82) is 0 Å². The summed E-state index contributed by atoms with van der Waals surface area (Å²) in [5.74, 6) is 0.866. The van der Waals surface area contributed by atoms with Crippen LogP contribution in [0.4, 0.5) is 5.69 Å². The Morgan fingerprint density at radius 1 is 1.16 bits per heavy atom. The summed E-state index contributed by atoms with van der Waals surface area (Å²) in [4.78, 5) is 4.30. The average Bonchev–Trinajstić information content (AvgIpc) is 2.75. The number of hydrogen-bond donors (Lipinski definition) is 1. The lowest BCUT2D eigenvalue weighted by Gasteiger charge is -2.05. The van der Waals surface area contributed by atoms with Crippen LogP contribution in [0.2, 0.25) is 0 Å². The van der Waals surface area contributed by atoms with Crippen LogP contribution in [0.25, 0.3) is 10.9 Å². The van der Waals surface area contributed by atoms with Crippen LogP contribution in [0.1, 0.15) is 5.76 Å². The standard InChI is InChI=1S/C14H10Br2N2O/c15-12-7-11(19-14(12)16)8-18-10-3-4-13-9(6-10)2-1-5-17-13/h1-7,18H,8H2. The van der Waals surface area contributed by atoms with Crippen molar-refractivity contribution in [1.82, 2.24) is 4.98 Å². The fourth-order valence-corrected chi connectivity index (χ4v) is 2.51. The van der Waals surface area contributed by atoms with Gasteiger partial charge in [-0.3, -0.25) is 4.98 Å². The van der Waals surface area contributed by atoms with Gasteiger partial charge in [0.15, 0.2) is 4.67 Å². The smallest absolute Gasteiger partial charge is 0.183 e. The summed E-state index contributed by atoms with van der Waals surface area (Å²) in [6, 6.07) is 12.0. The van der Waals surface area contributed by atoms with Crippen molar-refractivity contribution in [3.8, 4) is 0 Å². The van der Waals surface area contributed by atoms with E-state index >= 15 is 0 Å². The molecule has 3 nitrogen and oxygen atoms in total. The summed E-state index contributed by atoms with van der Waals surface area (Å²) in [7, 11) is 0. The second kappa shape index (κ2) is 5.35. The highest BCUT2D eigenvalue weighted by Crippen LogP contribution is 2.27. The Morgan fingerprint density at radius 3 is 2.84 bits per heavy atom. The molecule has 0 aliphatic rings. The average molecular weight is 382 g/mol. The van der Waals surface area contributed by atoms with Gasteiger partial charge in [-0.2, -0.15) is 0 Å². The van der Waals surface area contributed by atoms with E-state index in [0.29, 0.717) is 11.2 Å². The van der Waals surface area contributed by atoms with Crippen molar-refractivity contribution in [2.45, 2.75) is 6.54 Å². The molecule has 2 aromatic heterocycles. The molecule has 96 valence electrons. The highest BCUT2D eigenvalue weighted by molar-refractivity contribution is 9.13. The van der Waals surface area contributed by atoms with Crippen LogP contribution in [-0.4, -0.2) is 4.98 Å². The Labute approximate surface area is 127 Å². The molecule has 0 aliphatic heterocycles. The molecule has 19 heavy (non-hydrogen) atoms. The molecule has 1 aromatic carbocycles. The number of nitrogens with zero attached hydrogens (tertiary/aromatic N) is 1. The highest BCUT2D eigenvalue weighted by Gasteiger charge is 2.05. The van der Waals surface area contributed by atoms with Crippen molar-refractivity contribution in [3.05, 3.63) is 57.5 Å². The maximum atomic E-state index is 5.52. The number of rotatable bonds is 3. The molecule has 3 rings (SSSR count). The van der Waals surface area contributed by atoms with Gasteiger partial charge >= 0.3 is 0 Å². The summed E-state index contributed by atoms with van der Waals surface area (Å²) in [5, 5.41) is 4.45. The van der Waals surface area contributed by atoms with Crippen molar-refractivity contribution >= 4 is 48.5 Å². The summed E-state index contributed by atoms with van der Waals surface area (Å²) in [6.45, 7) is 0.635. The van der Waals surface area contributed by atoms with Gasteiger partial charge in [0.2, 0.25) is 0 Å². The zero-order valence-electron chi connectivity index (χ0n) is 9.86. The fourth-order valence-electron chi connectivity index (χ4n) is 1.85. The zero-order valence-corrected chi connectivity index (χ0v) is 13.0. The van der Waals surface area contributed by atoms with Gasteiger partial charge in [-0.25, -0.2) is 0 Å². The number of fused-ring (bicyclic) bond motifs is 1. The summed E-state index contributed by atoms with van der Waals surface area (Å²) < 4.78 is 7.16. The quantitative estimate of drug-likeness (QED) is 0.696. The Morgan fingerprint density at radius 2 is 2.05 bits per heavy atom. The molecule has 2 heterocycles. The van der Waals surface area contributed by atoms with Crippen LogP contribution >= 0.6 is 31.9 Å². The Kier molecular flexibility index (Phi) is 3.57. The lowest BCUT2D eigenvalue weighted by molar-refractivity contribution is 0.494. The number of furan rings is 1. The minimum atomic E-state index is 0.635. The molecule has 0 saturated carbocycles. The molecule has 0 amide bonds. The first-order chi connectivity index (χ1) is 9.22. The molecular weight excluding hydrogens is 372 g/mol. The third kappa shape index (κ3) is 2.82. The molecular formula is C14H10Br2N2O. The SMILES string of the molecule is Brc1cc(CNc2ccc3ncccc3c2)oc1Br. The minimum Gasteiger partial charge on any atom is -0.451 e. The molecule has 5 heteroatoms. The third-order valence-corrected chi connectivity index (χ3v) is 4.48. The maximum Gasteiger partial charge on any atom is 0.183 e. The van der Waals surface area contributed by atoms with Crippen LogP contribution in [-0.2, 0) is 6.54 Å². The number of halogens is 2. The van der Waals surface area contributed by atoms with Crippen LogP contribution in [0.3, 0.4) is 0 Å². The molecule has 0 spiro atoms. The van der Waals surface area contributed by atoms with Crippen LogP contribution in [0.5, 0.6) is 0 Å². The van der Waals surface area contributed by atoms with E-state index in [4.69, 9.17) is 4.42 Å². The number of anilines is 1. The van der Waals surface area contributed by atoms with Crippen LogP contribution in [0.15, 0.2) is 56.2 Å². The van der Waals surface area contributed by atoms with Gasteiger partial charge in [-0.05, 0) is 62.2 Å². The number of nitrogens with one attached hydrogen (secondary N) is 1. The van der Waals surface area contributed by atoms with E-state index in [1.807, 2.05) is 30.3 Å². The molecule has 0 bridgehead atoms. The molecule has 0 atom stereocenters. The molecule has 1 N–H and O–H groups in total. The highest BCUT2D eigenvalue weighted by atomic mass is 79.9. The van der Waals surface area contributed by atoms with E-state index in [9.17, 15) is 0 Å². The first kappa shape index (κ1) is 12.7. The molecule has 0 aliphatic carbocycles. The predicted octanol–water partition coefficient (Wildman–Crippen LogP) is 4.96. The van der Waals surface area contributed by atoms with Gasteiger partial charge in [0, 0.05) is 17.3 Å². The van der Waals surface area contributed by atoms with Crippen molar-refractivity contribution in [2.75, 3.05) is 5.32 Å². The summed E-state index contributed by atoms with van der Waals surface area (Å²) in [5.41, 5.74) is 2.04. The Bertz CT molecular complexity index is 705. The van der Waals surface area contributed by atoms with Gasteiger partial charge < -0.3 is 9.73 Å². The molecule has 0 radical (unpaired) electrons. The minimum absolute atomic E-state index is 0.635. The normalized spacial score (nSPS) is 10.8. The Hall–Kier alpha value is -1.33. The molecule has 3 aromatic rings. The monoisotopic (exact) mass is 380 g/mol. The van der Waals surface area contributed by atoms with Crippen molar-refractivity contribution < 1.29 is 4.42 Å². The lowest BCUT2D eigenvalue weighted by atomic mass is 10.2. The first-order valence-corrected chi connectivity index (χ1v) is 7.33. The third-order valence-electron chi connectivity index (χ3n) is 2.77. The van der Waals surface area contributed by atoms with Gasteiger partial charge in [-0.1, -0.05) is 6.07 Å². The van der Waals surface area contributed by atoms with E-state index < -0.39 is 0 Å². The van der Waals surface area contributed by atoms with Crippen LogP contribution < -0.4 is 5.32 Å². The van der Waals surface area contributed by atoms with Gasteiger partial charge in [0.05, 0.1) is 16.5 Å². The van der Waals surface area contributed by atoms with Crippen LogP contribution in [0, 0.1) is 0 Å². The number of aromatic nitrogens is 1. The second-order valence-electron chi connectivity index (χ2n) is 4.10. The van der Waals surface area contributed by atoms with E-state index in [-0.39, 0.29) is 0 Å². The number of pyridine rings is 1. The van der Waals surface area contributed by atoms with Gasteiger partial charge in [-0.15, -0.1) is 0 Å². The Balaban J connectivity index is 1.78. The maximum absolute atomic E-state index is 5.52. The van der Waals surface area contributed by atoms with Gasteiger partial charge in [0.1, 0.15) is 5.76 Å². The first-order valence-electron chi connectivity index (χ1n) is 5.75. The lowest BCUT2D eigenvalue weighted by Crippen LogP contribution is -1.97. The predicted molar refractivity (Wildman–Crippen MR) is 83.2 cm³/mol. The summed E-state index contributed by atoms with van der Waals surface area (Å²) >= 11 is 6.72. The van der Waals surface area contributed by atoms with E-state index in [1.165, 1.54) is 0 Å². The summed E-state index contributed by atoms with van der Waals surface area (Å²) in [6.07, 6.45) is 1.80. The van der Waals surface area contributed by atoms with E-state index in [1.54, 1.807) is 6.20 Å². The zero-order chi connectivity index (χ0) is 13.2. The van der Waals surface area contributed by atoms with Gasteiger partial charge in [0.25, 0.3) is 0 Å². The molecule has 0 saturated heterocycles. The second-order valence-corrected chi connectivity index (χ2v) is 5.67. The molecule has 0 unspecified atom stereocenters. The fraction of sp³-hybridized carbons (Fsp3) is 0.0714. The molecule has 0 fully saturated rings. The number of hydrogen-bond acceptors (Lipinski definition) is 3. The van der Waals surface area contributed by atoms with E-state index in [2.05, 4.69) is 48.2 Å².